The predicted molar refractivity (Wildman–Crippen MR) is 83.5 cm³/mol. The molecule has 1 aliphatic carbocycles. The van der Waals surface area contributed by atoms with Crippen LogP contribution in [0.4, 0.5) is 0 Å². The molecule has 0 spiro atoms. The Labute approximate surface area is 124 Å². The van der Waals surface area contributed by atoms with Gasteiger partial charge in [0.05, 0.1) is 13.2 Å². The first-order valence-electron chi connectivity index (χ1n) is 8.22. The lowest BCUT2D eigenvalue weighted by Crippen LogP contribution is -2.51. The molecule has 0 amide bonds. The highest BCUT2D eigenvalue weighted by Crippen LogP contribution is 2.47. The van der Waals surface area contributed by atoms with Crippen LogP contribution in [-0.4, -0.2) is 19.5 Å². The summed E-state index contributed by atoms with van der Waals surface area (Å²) in [5, 5.41) is 0. The Balaban J connectivity index is 2.04. The number of hydrogen-bond acceptors (Lipinski definition) is 2. The fourth-order valence-corrected chi connectivity index (χ4v) is 3.51. The van der Waals surface area contributed by atoms with E-state index in [1.807, 2.05) is 0 Å². The topological polar surface area (TPSA) is 18.5 Å². The molecule has 2 nitrogen and oxygen atoms in total. The smallest absolute Gasteiger partial charge is 0.163 e. The van der Waals surface area contributed by atoms with E-state index in [1.165, 1.54) is 24.8 Å². The average Bonchev–Trinajstić information content (AvgIpc) is 2.43. The summed E-state index contributed by atoms with van der Waals surface area (Å²) in [5.41, 5.74) is 1.80. The molecule has 1 heterocycles. The molecule has 0 N–H and O–H groups in total. The minimum Gasteiger partial charge on any atom is -0.351 e. The van der Waals surface area contributed by atoms with Gasteiger partial charge >= 0.3 is 0 Å². The second-order valence-electron chi connectivity index (χ2n) is 7.72. The van der Waals surface area contributed by atoms with E-state index in [4.69, 9.17) is 9.47 Å². The van der Waals surface area contributed by atoms with Crippen LogP contribution in [0.3, 0.4) is 0 Å². The number of allylic oxidation sites excluding steroid dienone is 2. The van der Waals surface area contributed by atoms with E-state index in [2.05, 4.69) is 47.6 Å². The Morgan fingerprint density at radius 1 is 1.30 bits per heavy atom. The monoisotopic (exact) mass is 280 g/mol. The van der Waals surface area contributed by atoms with E-state index in [0.717, 1.165) is 13.2 Å². The van der Waals surface area contributed by atoms with Crippen LogP contribution in [0.15, 0.2) is 11.6 Å². The van der Waals surface area contributed by atoms with Crippen molar-refractivity contribution in [3.63, 3.8) is 0 Å². The molecular weight excluding hydrogens is 248 g/mol. The molecule has 0 aromatic heterocycles. The third-order valence-electron chi connectivity index (χ3n) is 6.10. The van der Waals surface area contributed by atoms with Gasteiger partial charge in [-0.2, -0.15) is 0 Å². The van der Waals surface area contributed by atoms with Crippen LogP contribution in [0.1, 0.15) is 60.8 Å². The van der Waals surface area contributed by atoms with Gasteiger partial charge < -0.3 is 9.47 Å². The summed E-state index contributed by atoms with van der Waals surface area (Å²) in [4.78, 5) is 0. The van der Waals surface area contributed by atoms with E-state index < -0.39 is 0 Å². The highest BCUT2D eigenvalue weighted by atomic mass is 16.7. The molecule has 1 fully saturated rings. The molecule has 1 saturated heterocycles. The van der Waals surface area contributed by atoms with Gasteiger partial charge in [0.15, 0.2) is 6.29 Å². The molecule has 20 heavy (non-hydrogen) atoms. The maximum atomic E-state index is 6.21. The fourth-order valence-electron chi connectivity index (χ4n) is 3.51. The summed E-state index contributed by atoms with van der Waals surface area (Å²) >= 11 is 0. The van der Waals surface area contributed by atoms with Crippen molar-refractivity contribution >= 4 is 0 Å². The number of rotatable bonds is 3. The Morgan fingerprint density at radius 2 is 1.90 bits per heavy atom. The van der Waals surface area contributed by atoms with E-state index in [-0.39, 0.29) is 17.1 Å². The Kier molecular flexibility index (Phi) is 4.66. The van der Waals surface area contributed by atoms with Crippen LogP contribution in [0.5, 0.6) is 0 Å². The Bertz CT molecular complexity index is 366. The molecule has 2 aliphatic rings. The van der Waals surface area contributed by atoms with Crippen molar-refractivity contribution in [3.05, 3.63) is 11.6 Å². The molecule has 0 aromatic rings. The van der Waals surface area contributed by atoms with E-state index in [0.29, 0.717) is 11.8 Å². The van der Waals surface area contributed by atoms with Crippen molar-refractivity contribution in [3.8, 4) is 0 Å². The molecule has 0 aromatic carbocycles. The second-order valence-corrected chi connectivity index (χ2v) is 7.72. The van der Waals surface area contributed by atoms with Crippen LogP contribution < -0.4 is 0 Å². The minimum atomic E-state index is -0.0426. The van der Waals surface area contributed by atoms with Gasteiger partial charge in [-0.05, 0) is 31.6 Å². The first kappa shape index (κ1) is 16.0. The van der Waals surface area contributed by atoms with Gasteiger partial charge in [0, 0.05) is 10.8 Å². The normalized spacial score (nSPS) is 44.0. The van der Waals surface area contributed by atoms with Gasteiger partial charge in [-0.15, -0.1) is 0 Å². The zero-order valence-electron chi connectivity index (χ0n) is 14.2. The SMILES string of the molecule is CCC(C)C1(C)COC(C2(C)CCC(C)=CC2C)OC1. The maximum absolute atomic E-state index is 6.21. The number of hydrogen-bond donors (Lipinski definition) is 0. The maximum Gasteiger partial charge on any atom is 0.163 e. The molecule has 3 unspecified atom stereocenters. The largest absolute Gasteiger partial charge is 0.351 e. The summed E-state index contributed by atoms with van der Waals surface area (Å²) < 4.78 is 12.4. The van der Waals surface area contributed by atoms with Crippen LogP contribution in [0, 0.1) is 22.7 Å². The van der Waals surface area contributed by atoms with E-state index >= 15 is 0 Å². The predicted octanol–water partition coefficient (Wildman–Crippen LogP) is 4.79. The summed E-state index contributed by atoms with van der Waals surface area (Å²) in [6.45, 7) is 15.4. The lowest BCUT2D eigenvalue weighted by Gasteiger charge is -2.49. The van der Waals surface area contributed by atoms with Crippen molar-refractivity contribution in [2.24, 2.45) is 22.7 Å². The van der Waals surface area contributed by atoms with Gasteiger partial charge in [-0.3, -0.25) is 0 Å². The van der Waals surface area contributed by atoms with Gasteiger partial charge in [0.2, 0.25) is 0 Å². The summed E-state index contributed by atoms with van der Waals surface area (Å²) in [6, 6.07) is 0. The summed E-state index contributed by atoms with van der Waals surface area (Å²) in [5.74, 6) is 1.16. The summed E-state index contributed by atoms with van der Waals surface area (Å²) in [6.07, 6.45) is 5.88. The molecule has 0 bridgehead atoms. The Morgan fingerprint density at radius 3 is 2.40 bits per heavy atom. The third kappa shape index (κ3) is 2.82. The molecule has 2 heteroatoms. The molecule has 116 valence electrons. The highest BCUT2D eigenvalue weighted by molar-refractivity contribution is 5.10. The second kappa shape index (κ2) is 5.81. The van der Waals surface area contributed by atoms with Crippen LogP contribution in [-0.2, 0) is 9.47 Å². The summed E-state index contributed by atoms with van der Waals surface area (Å²) in [7, 11) is 0. The van der Waals surface area contributed by atoms with Crippen LogP contribution >= 0.6 is 0 Å². The van der Waals surface area contributed by atoms with E-state index in [1.54, 1.807) is 0 Å². The molecule has 0 radical (unpaired) electrons. The Hall–Kier alpha value is -0.340. The lowest BCUT2D eigenvalue weighted by molar-refractivity contribution is -0.284. The fraction of sp³-hybridized carbons (Fsp3) is 0.889. The van der Waals surface area contributed by atoms with Crippen molar-refractivity contribution in [1.29, 1.82) is 0 Å². The van der Waals surface area contributed by atoms with Crippen molar-refractivity contribution < 1.29 is 9.47 Å². The quantitative estimate of drug-likeness (QED) is 0.692. The molecule has 0 saturated carbocycles. The standard InChI is InChI=1S/C18H32O2/c1-7-14(3)17(5)11-19-16(20-12-17)18(6)9-8-13(2)10-15(18)4/h10,14-16H,7-9,11-12H2,1-6H3. The molecule has 3 atom stereocenters. The van der Waals surface area contributed by atoms with Gasteiger partial charge in [-0.25, -0.2) is 0 Å². The molecule has 2 rings (SSSR count). The van der Waals surface area contributed by atoms with Crippen molar-refractivity contribution in [1.82, 2.24) is 0 Å². The van der Waals surface area contributed by atoms with Crippen LogP contribution in [0.25, 0.3) is 0 Å². The van der Waals surface area contributed by atoms with Gasteiger partial charge in [-0.1, -0.05) is 52.7 Å². The first-order chi connectivity index (χ1) is 9.32. The van der Waals surface area contributed by atoms with Crippen LogP contribution in [0.2, 0.25) is 0 Å². The van der Waals surface area contributed by atoms with Crippen molar-refractivity contribution in [2.45, 2.75) is 67.1 Å². The highest BCUT2D eigenvalue weighted by Gasteiger charge is 2.46. The van der Waals surface area contributed by atoms with Gasteiger partial charge in [0.25, 0.3) is 0 Å². The minimum absolute atomic E-state index is 0.0426. The lowest BCUT2D eigenvalue weighted by atomic mass is 9.68. The third-order valence-corrected chi connectivity index (χ3v) is 6.10. The van der Waals surface area contributed by atoms with Crippen molar-refractivity contribution in [2.75, 3.05) is 13.2 Å². The molecule has 1 aliphatic heterocycles. The zero-order valence-corrected chi connectivity index (χ0v) is 14.2. The zero-order chi connectivity index (χ0) is 15.0. The average molecular weight is 280 g/mol. The van der Waals surface area contributed by atoms with E-state index in [9.17, 15) is 0 Å². The van der Waals surface area contributed by atoms with Gasteiger partial charge in [0.1, 0.15) is 0 Å². The number of ether oxygens (including phenoxy) is 2. The molecular formula is C18H32O2. The first-order valence-corrected chi connectivity index (χ1v) is 8.22.